The number of alkyl halides is 6. The second-order valence-corrected chi connectivity index (χ2v) is 5.56. The molecule has 13 heteroatoms. The van der Waals surface area contributed by atoms with Crippen molar-refractivity contribution in [2.24, 2.45) is 0 Å². The van der Waals surface area contributed by atoms with Crippen LogP contribution in [0.1, 0.15) is 0 Å². The van der Waals surface area contributed by atoms with Crippen LogP contribution in [0.25, 0.3) is 0 Å². The van der Waals surface area contributed by atoms with Crippen molar-refractivity contribution in [3.8, 4) is 12.0 Å². The zero-order valence-electron chi connectivity index (χ0n) is 12.7. The number of methoxy groups -OCH3 is 1. The number of ether oxygens (including phenoxy) is 2. The first kappa shape index (κ1) is 20.0. The predicted octanol–water partition coefficient (Wildman–Crippen LogP) is 4.26. The lowest BCUT2D eigenvalue weighted by atomic mass is 10.3. The Kier molecular flexibility index (Phi) is 5.78. The summed E-state index contributed by atoms with van der Waals surface area (Å²) in [4.78, 5) is 10.4. The van der Waals surface area contributed by atoms with Gasteiger partial charge in [-0.25, -0.2) is 0 Å². The number of anilines is 2. The molecule has 0 spiro atoms. The lowest BCUT2D eigenvalue weighted by Gasteiger charge is -2.22. The first-order valence-corrected chi connectivity index (χ1v) is 7.41. The van der Waals surface area contributed by atoms with E-state index in [1.807, 2.05) is 0 Å². The summed E-state index contributed by atoms with van der Waals surface area (Å²) in [7, 11) is 1.08. The molecule has 26 heavy (non-hydrogen) atoms. The molecular formula is C13H9BrF6N4O2. The van der Waals surface area contributed by atoms with E-state index in [1.54, 1.807) is 24.3 Å². The Balaban J connectivity index is 2.32. The summed E-state index contributed by atoms with van der Waals surface area (Å²) in [6.07, 6.45) is -15.5. The molecule has 0 saturated heterocycles. The van der Waals surface area contributed by atoms with Crippen molar-refractivity contribution < 1.29 is 35.8 Å². The second-order valence-electron chi connectivity index (χ2n) is 4.64. The smallest absolute Gasteiger partial charge is 0.434 e. The number of nitrogens with one attached hydrogen (secondary N) is 1. The van der Waals surface area contributed by atoms with Crippen LogP contribution in [0.15, 0.2) is 28.7 Å². The lowest BCUT2D eigenvalue weighted by Crippen LogP contribution is -2.46. The number of halogens is 7. The van der Waals surface area contributed by atoms with E-state index >= 15 is 0 Å². The number of hydrogen-bond acceptors (Lipinski definition) is 6. The molecule has 1 aromatic carbocycles. The monoisotopic (exact) mass is 446 g/mol. The van der Waals surface area contributed by atoms with Gasteiger partial charge in [0.05, 0.1) is 7.11 Å². The van der Waals surface area contributed by atoms with Crippen molar-refractivity contribution in [2.75, 3.05) is 12.4 Å². The Morgan fingerprint density at radius 1 is 0.923 bits per heavy atom. The fraction of sp³-hybridized carbons (Fsp3) is 0.308. The van der Waals surface area contributed by atoms with Gasteiger partial charge in [-0.3, -0.25) is 0 Å². The molecule has 6 nitrogen and oxygen atoms in total. The zero-order chi connectivity index (χ0) is 19.5. The number of nitrogens with zero attached hydrogens (tertiary/aromatic N) is 3. The molecule has 0 aliphatic rings. The van der Waals surface area contributed by atoms with Gasteiger partial charge in [0, 0.05) is 10.2 Å². The minimum absolute atomic E-state index is 0.364. The van der Waals surface area contributed by atoms with Crippen molar-refractivity contribution in [2.45, 2.75) is 18.5 Å². The SMILES string of the molecule is COc1nc(Nc2ccc(Br)cc2)nc(OC(C(F)(F)F)C(F)(F)F)n1. The van der Waals surface area contributed by atoms with E-state index in [4.69, 9.17) is 0 Å². The van der Waals surface area contributed by atoms with E-state index in [1.165, 1.54) is 0 Å². The van der Waals surface area contributed by atoms with Gasteiger partial charge in [0.1, 0.15) is 0 Å². The van der Waals surface area contributed by atoms with Crippen LogP contribution in [0.5, 0.6) is 12.0 Å². The Bertz CT molecular complexity index is 740. The minimum Gasteiger partial charge on any atom is -0.467 e. The zero-order valence-corrected chi connectivity index (χ0v) is 14.3. The van der Waals surface area contributed by atoms with Gasteiger partial charge in [0.2, 0.25) is 5.95 Å². The Hall–Kier alpha value is -2.31. The van der Waals surface area contributed by atoms with Gasteiger partial charge in [-0.2, -0.15) is 36.3 Å². The van der Waals surface area contributed by atoms with E-state index < -0.39 is 30.5 Å². The molecule has 0 bridgehead atoms. The molecule has 0 amide bonds. The molecular weight excluding hydrogens is 438 g/mol. The third-order valence-electron chi connectivity index (χ3n) is 2.70. The Labute approximate surface area is 150 Å². The maximum absolute atomic E-state index is 12.6. The maximum Gasteiger partial charge on any atom is 0.434 e. The van der Waals surface area contributed by atoms with Crippen molar-refractivity contribution in [3.63, 3.8) is 0 Å². The molecule has 0 unspecified atom stereocenters. The highest BCUT2D eigenvalue weighted by atomic mass is 79.9. The summed E-state index contributed by atoms with van der Waals surface area (Å²) in [5.74, 6) is -0.364. The second kappa shape index (κ2) is 7.51. The third-order valence-corrected chi connectivity index (χ3v) is 3.22. The lowest BCUT2D eigenvalue weighted by molar-refractivity contribution is -0.301. The van der Waals surface area contributed by atoms with Crippen LogP contribution >= 0.6 is 15.9 Å². The van der Waals surface area contributed by atoms with E-state index in [0.717, 1.165) is 11.6 Å². The van der Waals surface area contributed by atoms with Crippen LogP contribution in [0.2, 0.25) is 0 Å². The molecule has 1 heterocycles. The summed E-state index contributed by atoms with van der Waals surface area (Å²) in [6.45, 7) is 0. The maximum atomic E-state index is 12.6. The van der Waals surface area contributed by atoms with Crippen molar-refractivity contribution in [1.82, 2.24) is 15.0 Å². The molecule has 0 saturated carbocycles. The van der Waals surface area contributed by atoms with Gasteiger partial charge in [0.25, 0.3) is 6.10 Å². The summed E-state index contributed by atoms with van der Waals surface area (Å²) >= 11 is 3.21. The molecule has 1 N–H and O–H groups in total. The highest BCUT2D eigenvalue weighted by Gasteiger charge is 2.59. The molecule has 0 fully saturated rings. The van der Waals surface area contributed by atoms with E-state index in [0.29, 0.717) is 5.69 Å². The van der Waals surface area contributed by atoms with Gasteiger partial charge in [0.15, 0.2) is 0 Å². The average Bonchev–Trinajstić information content (AvgIpc) is 2.52. The number of benzene rings is 1. The Morgan fingerprint density at radius 2 is 1.46 bits per heavy atom. The van der Waals surface area contributed by atoms with Gasteiger partial charge in [-0.05, 0) is 24.3 Å². The van der Waals surface area contributed by atoms with Crippen molar-refractivity contribution in [3.05, 3.63) is 28.7 Å². The summed E-state index contributed by atoms with van der Waals surface area (Å²) in [5, 5.41) is 2.59. The fourth-order valence-corrected chi connectivity index (χ4v) is 1.89. The third kappa shape index (κ3) is 5.34. The first-order chi connectivity index (χ1) is 12.0. The largest absolute Gasteiger partial charge is 0.467 e. The molecule has 2 aromatic rings. The molecule has 0 aliphatic heterocycles. The quantitative estimate of drug-likeness (QED) is 0.692. The summed E-state index contributed by atoms with van der Waals surface area (Å²) < 4.78 is 85.0. The van der Waals surface area contributed by atoms with Crippen LogP contribution in [0, 0.1) is 0 Å². The van der Waals surface area contributed by atoms with Crippen LogP contribution in [-0.4, -0.2) is 40.5 Å². The fourth-order valence-electron chi connectivity index (χ4n) is 1.62. The predicted molar refractivity (Wildman–Crippen MR) is 80.3 cm³/mol. The molecule has 2 rings (SSSR count). The van der Waals surface area contributed by atoms with Gasteiger partial charge in [-0.1, -0.05) is 15.9 Å². The van der Waals surface area contributed by atoms with E-state index in [9.17, 15) is 26.3 Å². The molecule has 0 atom stereocenters. The van der Waals surface area contributed by atoms with Crippen LogP contribution < -0.4 is 14.8 Å². The number of aromatic nitrogens is 3. The van der Waals surface area contributed by atoms with Gasteiger partial charge < -0.3 is 14.8 Å². The standard InChI is InChI=1S/C13H9BrF6N4O2/c1-25-10-22-9(21-7-4-2-6(14)3-5-7)23-11(24-10)26-8(12(15,16)17)13(18,19)20/h2-5,8H,1H3,(H,21,22,23,24). The van der Waals surface area contributed by atoms with Crippen molar-refractivity contribution >= 4 is 27.6 Å². The number of hydrogen-bond donors (Lipinski definition) is 1. The summed E-state index contributed by atoms with van der Waals surface area (Å²) in [6, 6.07) is 4.68. The first-order valence-electron chi connectivity index (χ1n) is 6.62. The molecule has 1 aromatic heterocycles. The topological polar surface area (TPSA) is 69.2 Å². The van der Waals surface area contributed by atoms with Crippen molar-refractivity contribution in [1.29, 1.82) is 0 Å². The van der Waals surface area contributed by atoms with E-state index in [-0.39, 0.29) is 5.95 Å². The van der Waals surface area contributed by atoms with Gasteiger partial charge in [-0.15, -0.1) is 4.98 Å². The van der Waals surface area contributed by atoms with Crippen LogP contribution in [-0.2, 0) is 0 Å². The highest BCUT2D eigenvalue weighted by Crippen LogP contribution is 2.36. The van der Waals surface area contributed by atoms with Gasteiger partial charge >= 0.3 is 24.4 Å². The van der Waals surface area contributed by atoms with E-state index in [2.05, 4.69) is 45.7 Å². The van der Waals surface area contributed by atoms with Crippen LogP contribution in [0.4, 0.5) is 38.0 Å². The van der Waals surface area contributed by atoms with Crippen LogP contribution in [0.3, 0.4) is 0 Å². The summed E-state index contributed by atoms with van der Waals surface area (Å²) in [5.41, 5.74) is 0.413. The number of rotatable bonds is 5. The molecule has 0 radical (unpaired) electrons. The highest BCUT2D eigenvalue weighted by molar-refractivity contribution is 9.10. The molecule has 142 valence electrons. The normalized spacial score (nSPS) is 12.2. The average molecular weight is 447 g/mol. The minimum atomic E-state index is -5.71. The molecule has 0 aliphatic carbocycles. The Morgan fingerprint density at radius 3 is 1.96 bits per heavy atom.